The Morgan fingerprint density at radius 2 is 1.50 bits per heavy atom. The summed E-state index contributed by atoms with van der Waals surface area (Å²) in [7, 11) is 0. The number of fused-ring (bicyclic) bond motifs is 1. The molecule has 0 aromatic carbocycles. The van der Waals surface area contributed by atoms with Gasteiger partial charge in [-0.15, -0.1) is 0 Å². The van der Waals surface area contributed by atoms with Crippen molar-refractivity contribution in [3.05, 3.63) is 0 Å². The maximum Gasteiger partial charge on any atom is 0.168 e. The van der Waals surface area contributed by atoms with Gasteiger partial charge in [-0.1, -0.05) is 59.3 Å². The molecule has 1 saturated carbocycles. The van der Waals surface area contributed by atoms with Crippen LogP contribution in [0.1, 0.15) is 118 Å². The van der Waals surface area contributed by atoms with Gasteiger partial charge in [0.1, 0.15) is 0 Å². The Morgan fingerprint density at radius 1 is 0.821 bits per heavy atom. The van der Waals surface area contributed by atoms with Gasteiger partial charge >= 0.3 is 0 Å². The molecule has 166 valence electrons. The number of hydrogen-bond donors (Lipinski definition) is 0. The zero-order valence-corrected chi connectivity index (χ0v) is 19.3. The molecule has 28 heavy (non-hydrogen) atoms. The number of unbranched alkanes of at least 4 members (excludes halogenated alkanes) is 5. The summed E-state index contributed by atoms with van der Waals surface area (Å²) >= 11 is 0. The molecule has 0 aromatic heterocycles. The van der Waals surface area contributed by atoms with E-state index < -0.39 is 5.79 Å². The second-order valence-corrected chi connectivity index (χ2v) is 9.44. The highest BCUT2D eigenvalue weighted by Gasteiger charge is 2.44. The summed E-state index contributed by atoms with van der Waals surface area (Å²) in [6.45, 7) is 10.5. The lowest BCUT2D eigenvalue weighted by Crippen LogP contribution is -2.41. The molecule has 0 radical (unpaired) electrons. The standard InChI is InChI=1S/C25H48O3/c1-5-8-9-10-11-12-13-22(25(4,26-18-6-2)27-19-7-3)16-14-21-15-17-23-24(20-21)28-23/h21-24H,5-20H2,1-4H3. The van der Waals surface area contributed by atoms with Crippen molar-refractivity contribution < 1.29 is 14.2 Å². The lowest BCUT2D eigenvalue weighted by Gasteiger charge is -2.38. The van der Waals surface area contributed by atoms with Crippen LogP contribution in [0.3, 0.4) is 0 Å². The quantitative estimate of drug-likeness (QED) is 0.147. The minimum absolute atomic E-state index is 0.414. The molecule has 0 aromatic rings. The van der Waals surface area contributed by atoms with Crippen molar-refractivity contribution in [1.82, 2.24) is 0 Å². The fourth-order valence-corrected chi connectivity index (χ4v) is 4.91. The molecular formula is C25H48O3. The predicted molar refractivity (Wildman–Crippen MR) is 118 cm³/mol. The molecule has 0 bridgehead atoms. The monoisotopic (exact) mass is 396 g/mol. The highest BCUT2D eigenvalue weighted by atomic mass is 16.7. The van der Waals surface area contributed by atoms with E-state index in [9.17, 15) is 0 Å². The fraction of sp³-hybridized carbons (Fsp3) is 1.00. The molecule has 0 spiro atoms. The molecule has 0 N–H and O–H groups in total. The van der Waals surface area contributed by atoms with Crippen LogP contribution in [0.15, 0.2) is 0 Å². The first-order valence-electron chi connectivity index (χ1n) is 12.6. The van der Waals surface area contributed by atoms with E-state index in [1.165, 1.54) is 77.0 Å². The molecule has 4 unspecified atom stereocenters. The molecule has 3 nitrogen and oxygen atoms in total. The van der Waals surface area contributed by atoms with Crippen LogP contribution < -0.4 is 0 Å². The molecule has 1 aliphatic carbocycles. The number of rotatable bonds is 17. The topological polar surface area (TPSA) is 31.0 Å². The summed E-state index contributed by atoms with van der Waals surface area (Å²) in [4.78, 5) is 0. The zero-order chi connectivity index (χ0) is 20.2. The van der Waals surface area contributed by atoms with Crippen LogP contribution in [-0.2, 0) is 14.2 Å². The van der Waals surface area contributed by atoms with Crippen molar-refractivity contribution in [3.8, 4) is 0 Å². The van der Waals surface area contributed by atoms with Gasteiger partial charge in [-0.25, -0.2) is 0 Å². The van der Waals surface area contributed by atoms with Gasteiger partial charge in [0, 0.05) is 19.1 Å². The van der Waals surface area contributed by atoms with E-state index in [1.807, 2.05) is 0 Å². The smallest absolute Gasteiger partial charge is 0.168 e. The third-order valence-corrected chi connectivity index (χ3v) is 6.87. The average molecular weight is 397 g/mol. The number of hydrogen-bond acceptors (Lipinski definition) is 3. The molecule has 2 aliphatic rings. The summed E-state index contributed by atoms with van der Waals surface area (Å²) in [5, 5.41) is 0. The van der Waals surface area contributed by atoms with Gasteiger partial charge in [-0.2, -0.15) is 0 Å². The molecular weight excluding hydrogens is 348 g/mol. The van der Waals surface area contributed by atoms with Crippen LogP contribution in [-0.4, -0.2) is 31.2 Å². The largest absolute Gasteiger partial charge is 0.370 e. The van der Waals surface area contributed by atoms with Gasteiger partial charge in [0.25, 0.3) is 0 Å². The van der Waals surface area contributed by atoms with Gasteiger partial charge in [-0.05, 0) is 64.2 Å². The Kier molecular flexibility index (Phi) is 11.4. The van der Waals surface area contributed by atoms with Crippen LogP contribution in [0.25, 0.3) is 0 Å². The van der Waals surface area contributed by atoms with E-state index in [0.717, 1.165) is 32.0 Å². The molecule has 1 heterocycles. The fourth-order valence-electron chi connectivity index (χ4n) is 4.91. The Balaban J connectivity index is 1.87. The van der Waals surface area contributed by atoms with Crippen molar-refractivity contribution in [2.45, 2.75) is 136 Å². The van der Waals surface area contributed by atoms with Gasteiger partial charge < -0.3 is 14.2 Å². The Labute approximate surface area is 175 Å². The molecule has 0 amide bonds. The van der Waals surface area contributed by atoms with E-state index in [1.54, 1.807) is 0 Å². The Bertz CT molecular complexity index is 389. The van der Waals surface area contributed by atoms with Crippen LogP contribution in [0, 0.1) is 11.8 Å². The molecule has 2 fully saturated rings. The molecule has 3 heteroatoms. The predicted octanol–water partition coefficient (Wildman–Crippen LogP) is 7.27. The highest BCUT2D eigenvalue weighted by Crippen LogP contribution is 2.42. The molecule has 1 aliphatic heterocycles. The Morgan fingerprint density at radius 3 is 2.14 bits per heavy atom. The van der Waals surface area contributed by atoms with Crippen LogP contribution in [0.4, 0.5) is 0 Å². The maximum absolute atomic E-state index is 6.36. The summed E-state index contributed by atoms with van der Waals surface area (Å²) in [5.41, 5.74) is 0. The van der Waals surface area contributed by atoms with Crippen LogP contribution in [0.5, 0.6) is 0 Å². The minimum atomic E-state index is -0.414. The highest BCUT2D eigenvalue weighted by molar-refractivity contribution is 4.92. The van der Waals surface area contributed by atoms with E-state index in [2.05, 4.69) is 27.7 Å². The molecule has 2 rings (SSSR count). The van der Waals surface area contributed by atoms with Crippen molar-refractivity contribution in [1.29, 1.82) is 0 Å². The average Bonchev–Trinajstić information content (AvgIpc) is 3.48. The number of ether oxygens (including phenoxy) is 3. The zero-order valence-electron chi connectivity index (χ0n) is 19.3. The summed E-state index contributed by atoms with van der Waals surface area (Å²) in [6.07, 6.45) is 19.2. The lowest BCUT2D eigenvalue weighted by molar-refractivity contribution is -0.259. The number of epoxide rings is 1. The van der Waals surface area contributed by atoms with Gasteiger partial charge in [0.2, 0.25) is 0 Å². The lowest BCUT2D eigenvalue weighted by atomic mass is 9.81. The van der Waals surface area contributed by atoms with Gasteiger partial charge in [0.15, 0.2) is 5.79 Å². The summed E-state index contributed by atoms with van der Waals surface area (Å²) in [6, 6.07) is 0. The molecule has 4 atom stereocenters. The third kappa shape index (κ3) is 8.32. The first kappa shape index (κ1) is 24.2. The van der Waals surface area contributed by atoms with Crippen molar-refractivity contribution >= 4 is 0 Å². The van der Waals surface area contributed by atoms with Crippen LogP contribution in [0.2, 0.25) is 0 Å². The van der Waals surface area contributed by atoms with Crippen LogP contribution >= 0.6 is 0 Å². The second kappa shape index (κ2) is 13.2. The minimum Gasteiger partial charge on any atom is -0.370 e. The van der Waals surface area contributed by atoms with Gasteiger partial charge in [-0.3, -0.25) is 0 Å². The normalized spacial score (nSPS) is 25.5. The first-order chi connectivity index (χ1) is 13.6. The third-order valence-electron chi connectivity index (χ3n) is 6.87. The molecule has 1 saturated heterocycles. The van der Waals surface area contributed by atoms with Crippen molar-refractivity contribution in [3.63, 3.8) is 0 Å². The summed E-state index contributed by atoms with van der Waals surface area (Å²) in [5.74, 6) is 0.940. The first-order valence-corrected chi connectivity index (χ1v) is 12.6. The van der Waals surface area contributed by atoms with E-state index >= 15 is 0 Å². The van der Waals surface area contributed by atoms with E-state index in [4.69, 9.17) is 14.2 Å². The van der Waals surface area contributed by atoms with Crippen molar-refractivity contribution in [2.24, 2.45) is 11.8 Å². The van der Waals surface area contributed by atoms with E-state index in [-0.39, 0.29) is 0 Å². The summed E-state index contributed by atoms with van der Waals surface area (Å²) < 4.78 is 18.5. The van der Waals surface area contributed by atoms with Crippen molar-refractivity contribution in [2.75, 3.05) is 13.2 Å². The second-order valence-electron chi connectivity index (χ2n) is 9.44. The maximum atomic E-state index is 6.36. The van der Waals surface area contributed by atoms with E-state index in [0.29, 0.717) is 18.1 Å². The SMILES string of the molecule is CCCCCCCCC(CCC1CCC2OC2C1)C(C)(OCCC)OCCC. The Hall–Kier alpha value is -0.120. The van der Waals surface area contributed by atoms with Gasteiger partial charge in [0.05, 0.1) is 12.2 Å².